The summed E-state index contributed by atoms with van der Waals surface area (Å²) < 4.78 is 0. The van der Waals surface area contributed by atoms with Crippen molar-refractivity contribution in [2.45, 2.75) is 13.0 Å². The second-order valence-corrected chi connectivity index (χ2v) is 12.3. The van der Waals surface area contributed by atoms with Gasteiger partial charge in [-0.05, 0) is 18.1 Å². The van der Waals surface area contributed by atoms with E-state index in [9.17, 15) is 0 Å². The average molecular weight is 266 g/mol. The van der Waals surface area contributed by atoms with Gasteiger partial charge in [0.15, 0.2) is 0 Å². The Morgan fingerprint density at radius 3 is 2.29 bits per heavy atom. The summed E-state index contributed by atoms with van der Waals surface area (Å²) in [6.07, 6.45) is 1.99. The first-order chi connectivity index (χ1) is 6.49. The summed E-state index contributed by atoms with van der Waals surface area (Å²) in [7, 11) is 0. The highest BCUT2D eigenvalue weighted by Gasteiger charge is 2.22. The average Bonchev–Trinajstić information content (AvgIpc) is 2.14. The molecule has 0 aromatic heterocycles. The molecule has 1 aromatic carbocycles. The van der Waals surface area contributed by atoms with Crippen LogP contribution in [-0.2, 0) is 0 Å². The van der Waals surface area contributed by atoms with Gasteiger partial charge in [-0.15, -0.1) is 33.2 Å². The van der Waals surface area contributed by atoms with Gasteiger partial charge in [0.2, 0.25) is 0 Å². The van der Waals surface area contributed by atoms with Crippen molar-refractivity contribution in [1.29, 1.82) is 0 Å². The van der Waals surface area contributed by atoms with E-state index in [0.717, 1.165) is 5.57 Å². The molecule has 0 fully saturated rings. The van der Waals surface area contributed by atoms with E-state index in [1.807, 2.05) is 43.3 Å². The van der Waals surface area contributed by atoms with E-state index < -0.39 is 6.00 Å². The van der Waals surface area contributed by atoms with Gasteiger partial charge in [0.05, 0.1) is 0 Å². The smallest absolute Gasteiger partial charge is 0.126 e. The Balaban J connectivity index is 2.71. The molecule has 0 aliphatic rings. The Kier molecular flexibility index (Phi) is 4.52. The Hall–Kier alpha value is 0.0469. The molecule has 0 saturated heterocycles. The van der Waals surface area contributed by atoms with Gasteiger partial charge < -0.3 is 0 Å². The monoisotopic (exact) mass is 264 g/mol. The largest absolute Gasteiger partial charge is 0.344 e. The van der Waals surface area contributed by atoms with Crippen LogP contribution < -0.4 is 0 Å². The van der Waals surface area contributed by atoms with Gasteiger partial charge in [0.25, 0.3) is 0 Å². The third-order valence-electron chi connectivity index (χ3n) is 1.87. The lowest BCUT2D eigenvalue weighted by molar-refractivity contribution is 1.53. The minimum atomic E-state index is -2.51. The van der Waals surface area contributed by atoms with Crippen LogP contribution in [0.25, 0.3) is 5.57 Å². The highest BCUT2D eigenvalue weighted by molar-refractivity contribution is 7.64. The zero-order chi connectivity index (χ0) is 10.6. The first kappa shape index (κ1) is 12.1. The molecule has 14 heavy (non-hydrogen) atoms. The van der Waals surface area contributed by atoms with Gasteiger partial charge in [-0.1, -0.05) is 36.4 Å². The normalized spacial score (nSPS) is 13.0. The summed E-state index contributed by atoms with van der Waals surface area (Å²) in [6, 6.07) is 8.14. The third kappa shape index (κ3) is 4.51. The van der Waals surface area contributed by atoms with E-state index in [2.05, 4.69) is 0 Å². The van der Waals surface area contributed by atoms with Gasteiger partial charge in [0, 0.05) is 6.04 Å². The summed E-state index contributed by atoms with van der Waals surface area (Å²) in [5.74, 6) is 0. The van der Waals surface area contributed by atoms with Crippen LogP contribution in [0.3, 0.4) is 0 Å². The number of allylic oxidation sites excluding steroid dienone is 2. The van der Waals surface area contributed by atoms with Crippen molar-refractivity contribution in [3.05, 3.63) is 42.0 Å². The van der Waals surface area contributed by atoms with Gasteiger partial charge in [-0.25, -0.2) is 0 Å². The maximum atomic E-state index is 5.79. The molecule has 1 rings (SSSR count). The summed E-state index contributed by atoms with van der Waals surface area (Å²) in [4.78, 5) is 0. The lowest BCUT2D eigenvalue weighted by atomic mass is 10.1. The van der Waals surface area contributed by atoms with Crippen LogP contribution in [-0.4, -0.2) is 6.00 Å². The molecular weight excluding hydrogens is 255 g/mol. The maximum Gasteiger partial charge on any atom is 0.344 e. The lowest BCUT2D eigenvalue weighted by Gasteiger charge is -2.05. The highest BCUT2D eigenvalue weighted by Crippen LogP contribution is 2.27. The fourth-order valence-corrected chi connectivity index (χ4v) is 2.32. The molecule has 76 valence electrons. The Morgan fingerprint density at radius 2 is 1.79 bits per heavy atom. The van der Waals surface area contributed by atoms with Crippen molar-refractivity contribution in [2.75, 3.05) is 0 Å². The van der Waals surface area contributed by atoms with Gasteiger partial charge in [-0.2, -0.15) is 0 Å². The van der Waals surface area contributed by atoms with Crippen molar-refractivity contribution >= 4 is 44.8 Å². The lowest BCUT2D eigenvalue weighted by Crippen LogP contribution is -2.06. The second kappa shape index (κ2) is 5.22. The zero-order valence-corrected chi connectivity index (χ0v) is 11.1. The standard InChI is InChI=1S/C10H11Cl3Si/c1-9(7-8-14(11,12)13)10-5-3-2-4-6-10/h2-7H,8H2,1H3/b9-7+. The summed E-state index contributed by atoms with van der Waals surface area (Å²) >= 11 is 17.4. The Bertz CT molecular complexity index is 314. The van der Waals surface area contributed by atoms with E-state index in [1.54, 1.807) is 0 Å². The van der Waals surface area contributed by atoms with Crippen molar-refractivity contribution < 1.29 is 0 Å². The minimum absolute atomic E-state index is 0.568. The molecule has 0 atom stereocenters. The van der Waals surface area contributed by atoms with Crippen LogP contribution in [0.4, 0.5) is 0 Å². The molecule has 0 aliphatic carbocycles. The zero-order valence-electron chi connectivity index (χ0n) is 7.81. The van der Waals surface area contributed by atoms with Crippen LogP contribution in [0, 0.1) is 0 Å². The number of halogens is 3. The second-order valence-electron chi connectivity index (χ2n) is 3.07. The molecule has 0 heterocycles. The molecule has 0 radical (unpaired) electrons. The summed E-state index contributed by atoms with van der Waals surface area (Å²) in [5, 5.41) is 0. The summed E-state index contributed by atoms with van der Waals surface area (Å²) in [6.45, 7) is 2.03. The van der Waals surface area contributed by atoms with Crippen molar-refractivity contribution in [3.8, 4) is 0 Å². The van der Waals surface area contributed by atoms with Gasteiger partial charge in [0.1, 0.15) is 0 Å². The number of rotatable bonds is 3. The molecule has 0 saturated carbocycles. The molecule has 0 amide bonds. The van der Waals surface area contributed by atoms with Gasteiger partial charge >= 0.3 is 6.00 Å². The highest BCUT2D eigenvalue weighted by atomic mass is 35.8. The predicted molar refractivity (Wildman–Crippen MR) is 68.2 cm³/mol. The first-order valence-electron chi connectivity index (χ1n) is 4.28. The van der Waals surface area contributed by atoms with Crippen molar-refractivity contribution in [2.24, 2.45) is 0 Å². The van der Waals surface area contributed by atoms with Crippen LogP contribution in [0.15, 0.2) is 36.4 Å². The van der Waals surface area contributed by atoms with E-state index in [4.69, 9.17) is 33.2 Å². The maximum absolute atomic E-state index is 5.79. The van der Waals surface area contributed by atoms with Gasteiger partial charge in [-0.3, -0.25) is 0 Å². The van der Waals surface area contributed by atoms with Crippen LogP contribution >= 0.6 is 33.2 Å². The van der Waals surface area contributed by atoms with Crippen LogP contribution in [0.1, 0.15) is 12.5 Å². The molecular formula is C10H11Cl3Si. The van der Waals surface area contributed by atoms with E-state index in [1.165, 1.54) is 5.56 Å². The fraction of sp³-hybridized carbons (Fsp3) is 0.200. The number of benzene rings is 1. The number of hydrogen-bond acceptors (Lipinski definition) is 0. The van der Waals surface area contributed by atoms with E-state index >= 15 is 0 Å². The molecule has 0 bridgehead atoms. The molecule has 0 spiro atoms. The first-order valence-corrected chi connectivity index (χ1v) is 9.52. The van der Waals surface area contributed by atoms with Crippen molar-refractivity contribution in [1.82, 2.24) is 0 Å². The molecule has 0 aliphatic heterocycles. The molecule has 0 N–H and O–H groups in total. The molecule has 1 aromatic rings. The predicted octanol–water partition coefficient (Wildman–Crippen LogP) is 4.75. The third-order valence-corrected chi connectivity index (χ3v) is 3.92. The van der Waals surface area contributed by atoms with Crippen LogP contribution in [0.5, 0.6) is 0 Å². The van der Waals surface area contributed by atoms with E-state index in [-0.39, 0.29) is 0 Å². The van der Waals surface area contributed by atoms with Crippen molar-refractivity contribution in [3.63, 3.8) is 0 Å². The number of hydrogen-bond donors (Lipinski definition) is 0. The fourth-order valence-electron chi connectivity index (χ4n) is 1.09. The minimum Gasteiger partial charge on any atom is -0.126 e. The molecule has 0 unspecified atom stereocenters. The van der Waals surface area contributed by atoms with E-state index in [0.29, 0.717) is 6.04 Å². The Morgan fingerprint density at radius 1 is 1.21 bits per heavy atom. The summed E-state index contributed by atoms with van der Waals surface area (Å²) in [5.41, 5.74) is 2.33. The molecule has 4 heteroatoms. The molecule has 0 nitrogen and oxygen atoms in total. The SMILES string of the molecule is C/C(=C\C[Si](Cl)(Cl)Cl)c1ccccc1. The van der Waals surface area contributed by atoms with Crippen LogP contribution in [0.2, 0.25) is 6.04 Å². The Labute approximate surface area is 99.6 Å². The topological polar surface area (TPSA) is 0 Å². The quantitative estimate of drug-likeness (QED) is 0.547.